The summed E-state index contributed by atoms with van der Waals surface area (Å²) in [7, 11) is 2.95. The number of nitrogens with zero attached hydrogens (tertiary/aromatic N) is 1. The Bertz CT molecular complexity index is 857. The van der Waals surface area contributed by atoms with E-state index in [0.717, 1.165) is 23.1 Å². The summed E-state index contributed by atoms with van der Waals surface area (Å²) >= 11 is 0. The second-order valence-corrected chi connectivity index (χ2v) is 5.98. The van der Waals surface area contributed by atoms with Crippen molar-refractivity contribution in [2.45, 2.75) is 19.9 Å². The molecule has 0 N–H and O–H groups in total. The molecular weight excluding hydrogens is 326 g/mol. The number of ether oxygens (including phenoxy) is 3. The largest absolute Gasteiger partial charge is 0.478 e. The molecule has 1 aliphatic heterocycles. The number of hydrogen-bond acceptors (Lipinski definition) is 7. The molecule has 0 atom stereocenters. The van der Waals surface area contributed by atoms with Crippen molar-refractivity contribution in [2.75, 3.05) is 34.1 Å². The van der Waals surface area contributed by atoms with Gasteiger partial charge < -0.3 is 18.6 Å². The van der Waals surface area contributed by atoms with Gasteiger partial charge in [0, 0.05) is 25.6 Å². The molecule has 0 saturated heterocycles. The van der Waals surface area contributed by atoms with E-state index in [4.69, 9.17) is 13.9 Å². The minimum absolute atomic E-state index is 0.103. The van der Waals surface area contributed by atoms with E-state index in [1.165, 1.54) is 7.11 Å². The topological polar surface area (TPSA) is 78.2 Å². The number of benzene rings is 1. The van der Waals surface area contributed by atoms with Crippen molar-refractivity contribution in [2.24, 2.45) is 0 Å². The van der Waals surface area contributed by atoms with E-state index in [2.05, 4.69) is 9.64 Å². The van der Waals surface area contributed by atoms with Gasteiger partial charge in [-0.3, -0.25) is 9.69 Å². The highest BCUT2D eigenvalue weighted by atomic mass is 16.5. The molecule has 0 amide bonds. The van der Waals surface area contributed by atoms with Gasteiger partial charge in [0.25, 0.3) is 0 Å². The highest BCUT2D eigenvalue weighted by Gasteiger charge is 2.23. The summed E-state index contributed by atoms with van der Waals surface area (Å²) < 4.78 is 21.1. The van der Waals surface area contributed by atoms with Crippen LogP contribution >= 0.6 is 0 Å². The Morgan fingerprint density at radius 1 is 1.32 bits per heavy atom. The summed E-state index contributed by atoms with van der Waals surface area (Å²) in [4.78, 5) is 26.0. The summed E-state index contributed by atoms with van der Waals surface area (Å²) in [5, 5.41) is 0.800. The number of methoxy groups -OCH3 is 2. The Morgan fingerprint density at radius 3 is 2.84 bits per heavy atom. The molecule has 1 aromatic heterocycles. The highest BCUT2D eigenvalue weighted by Crippen LogP contribution is 2.33. The maximum absolute atomic E-state index is 12.4. The van der Waals surface area contributed by atoms with Crippen LogP contribution in [0.15, 0.2) is 21.3 Å². The predicted octanol–water partition coefficient (Wildman–Crippen LogP) is 1.62. The Balaban J connectivity index is 2.05. The van der Waals surface area contributed by atoms with Gasteiger partial charge in [-0.05, 0) is 24.6 Å². The molecule has 0 spiro atoms. The molecule has 0 radical (unpaired) electrons. The van der Waals surface area contributed by atoms with Crippen LogP contribution in [0.25, 0.3) is 11.0 Å². The van der Waals surface area contributed by atoms with Crippen molar-refractivity contribution in [1.29, 1.82) is 0 Å². The molecule has 0 bridgehead atoms. The van der Waals surface area contributed by atoms with E-state index in [-0.39, 0.29) is 6.42 Å². The number of aryl methyl sites for hydroxylation is 1. The third kappa shape index (κ3) is 3.38. The van der Waals surface area contributed by atoms with Crippen LogP contribution in [0.4, 0.5) is 0 Å². The lowest BCUT2D eigenvalue weighted by Gasteiger charge is -2.29. The molecule has 25 heavy (non-hydrogen) atoms. The highest BCUT2D eigenvalue weighted by molar-refractivity contribution is 5.87. The maximum atomic E-state index is 12.4. The van der Waals surface area contributed by atoms with Gasteiger partial charge in [-0.2, -0.15) is 0 Å². The average Bonchev–Trinajstić information content (AvgIpc) is 2.62. The maximum Gasteiger partial charge on any atom is 0.340 e. The fraction of sp³-hybridized carbons (Fsp3) is 0.444. The zero-order chi connectivity index (χ0) is 18.0. The zero-order valence-electron chi connectivity index (χ0n) is 14.6. The van der Waals surface area contributed by atoms with E-state index in [0.29, 0.717) is 36.8 Å². The Hall–Kier alpha value is -2.38. The molecule has 7 heteroatoms. The van der Waals surface area contributed by atoms with Crippen LogP contribution < -0.4 is 10.4 Å². The first-order chi connectivity index (χ1) is 12.0. The zero-order valence-corrected chi connectivity index (χ0v) is 14.6. The minimum atomic E-state index is -0.516. The summed E-state index contributed by atoms with van der Waals surface area (Å²) in [5.41, 5.74) is 1.89. The SMILES string of the molecule is COCCN1COc2ccc3c(C)c(CC(=O)OC)c(=O)oc3c2C1. The monoisotopic (exact) mass is 347 g/mol. The third-order valence-electron chi connectivity index (χ3n) is 4.46. The molecule has 0 aliphatic carbocycles. The molecule has 1 aliphatic rings. The molecule has 3 rings (SSSR count). The van der Waals surface area contributed by atoms with Gasteiger partial charge in [0.15, 0.2) is 0 Å². The summed E-state index contributed by atoms with van der Waals surface area (Å²) in [6.45, 7) is 4.20. The van der Waals surface area contributed by atoms with Gasteiger partial charge >= 0.3 is 11.6 Å². The lowest BCUT2D eigenvalue weighted by Crippen LogP contribution is -2.34. The van der Waals surface area contributed by atoms with E-state index in [1.54, 1.807) is 7.11 Å². The first kappa shape index (κ1) is 17.4. The van der Waals surface area contributed by atoms with Gasteiger partial charge in [0.2, 0.25) is 0 Å². The van der Waals surface area contributed by atoms with Gasteiger partial charge in [-0.15, -0.1) is 0 Å². The molecule has 0 unspecified atom stereocenters. The fourth-order valence-electron chi connectivity index (χ4n) is 2.99. The second-order valence-electron chi connectivity index (χ2n) is 5.98. The van der Waals surface area contributed by atoms with E-state index >= 15 is 0 Å². The normalized spacial score (nSPS) is 14.2. The van der Waals surface area contributed by atoms with Crippen LogP contribution in [0.5, 0.6) is 5.75 Å². The van der Waals surface area contributed by atoms with E-state index < -0.39 is 11.6 Å². The molecule has 0 saturated carbocycles. The van der Waals surface area contributed by atoms with Crippen molar-refractivity contribution in [3.05, 3.63) is 39.2 Å². The molecule has 2 heterocycles. The molecule has 0 fully saturated rings. The van der Waals surface area contributed by atoms with Crippen molar-refractivity contribution < 1.29 is 23.4 Å². The van der Waals surface area contributed by atoms with Crippen LogP contribution in [0.1, 0.15) is 16.7 Å². The Labute approximate surface area is 145 Å². The molecule has 1 aromatic carbocycles. The predicted molar refractivity (Wildman–Crippen MR) is 90.7 cm³/mol. The number of fused-ring (bicyclic) bond motifs is 3. The number of carbonyl (C=O) groups excluding carboxylic acids is 1. The third-order valence-corrected chi connectivity index (χ3v) is 4.46. The number of rotatable bonds is 5. The summed E-state index contributed by atoms with van der Waals surface area (Å²) in [6.07, 6.45) is -0.103. The van der Waals surface area contributed by atoms with Crippen LogP contribution in [-0.4, -0.2) is 45.0 Å². The van der Waals surface area contributed by atoms with Crippen molar-refractivity contribution in [3.63, 3.8) is 0 Å². The van der Waals surface area contributed by atoms with Crippen LogP contribution in [0.3, 0.4) is 0 Å². The summed E-state index contributed by atoms with van der Waals surface area (Å²) in [5.74, 6) is 0.242. The first-order valence-corrected chi connectivity index (χ1v) is 8.04. The van der Waals surface area contributed by atoms with Crippen molar-refractivity contribution in [3.8, 4) is 5.75 Å². The first-order valence-electron chi connectivity index (χ1n) is 8.04. The quantitative estimate of drug-likeness (QED) is 0.601. The van der Waals surface area contributed by atoms with Gasteiger partial charge in [0.1, 0.15) is 18.1 Å². The number of hydrogen-bond donors (Lipinski definition) is 0. The number of carbonyl (C=O) groups is 1. The molecule has 7 nitrogen and oxygen atoms in total. The minimum Gasteiger partial charge on any atom is -0.478 e. The summed E-state index contributed by atoms with van der Waals surface area (Å²) in [6, 6.07) is 3.73. The van der Waals surface area contributed by atoms with Gasteiger partial charge in [-0.25, -0.2) is 4.79 Å². The molecular formula is C18H21NO6. The molecule has 134 valence electrons. The van der Waals surface area contributed by atoms with Crippen molar-refractivity contribution in [1.82, 2.24) is 4.90 Å². The fourth-order valence-corrected chi connectivity index (χ4v) is 2.99. The van der Waals surface area contributed by atoms with Gasteiger partial charge in [-0.1, -0.05) is 0 Å². The average molecular weight is 347 g/mol. The van der Waals surface area contributed by atoms with Crippen LogP contribution in [-0.2, 0) is 27.2 Å². The van der Waals surface area contributed by atoms with Crippen LogP contribution in [0, 0.1) is 6.92 Å². The molecule has 2 aromatic rings. The van der Waals surface area contributed by atoms with Gasteiger partial charge in [0.05, 0.1) is 31.3 Å². The standard InChI is InChI=1S/C18H21NO6/c1-11-12-4-5-15-14(9-19(10-24-15)6-7-22-2)17(12)25-18(21)13(11)8-16(20)23-3/h4-5H,6-10H2,1-3H3. The second kappa shape index (κ2) is 7.25. The van der Waals surface area contributed by atoms with E-state index in [1.807, 2.05) is 19.1 Å². The lowest BCUT2D eigenvalue weighted by molar-refractivity contribution is -0.139. The van der Waals surface area contributed by atoms with Crippen LogP contribution in [0.2, 0.25) is 0 Å². The smallest absolute Gasteiger partial charge is 0.340 e. The van der Waals surface area contributed by atoms with Crippen molar-refractivity contribution >= 4 is 16.9 Å². The van der Waals surface area contributed by atoms with E-state index in [9.17, 15) is 9.59 Å². The Kier molecular flexibility index (Phi) is 5.06. The lowest BCUT2D eigenvalue weighted by atomic mass is 10.0. The Morgan fingerprint density at radius 2 is 2.12 bits per heavy atom. The number of esters is 1.